The maximum atomic E-state index is 13.4. The summed E-state index contributed by atoms with van der Waals surface area (Å²) in [5.74, 6) is 0.608. The predicted octanol–water partition coefficient (Wildman–Crippen LogP) is 4.61. The lowest BCUT2D eigenvalue weighted by atomic mass is 10.0. The van der Waals surface area contributed by atoms with Crippen LogP contribution in [0.15, 0.2) is 72.8 Å². The number of hydrogen-bond donors (Lipinski definition) is 1. The molecule has 1 N–H and O–H groups in total. The molecule has 3 aromatic rings. The van der Waals surface area contributed by atoms with Crippen LogP contribution in [0.4, 0.5) is 4.79 Å². The van der Waals surface area contributed by atoms with Crippen LogP contribution in [0.2, 0.25) is 0 Å². The van der Waals surface area contributed by atoms with E-state index < -0.39 is 0 Å². The van der Waals surface area contributed by atoms with Gasteiger partial charge < -0.3 is 9.64 Å². The number of urea groups is 1. The van der Waals surface area contributed by atoms with Crippen LogP contribution in [-0.2, 0) is 17.6 Å². The number of hydrazine groups is 1. The van der Waals surface area contributed by atoms with Crippen LogP contribution >= 0.6 is 0 Å². The number of benzene rings is 3. The van der Waals surface area contributed by atoms with E-state index in [0.717, 1.165) is 22.4 Å². The molecule has 34 heavy (non-hydrogen) atoms. The molecule has 1 heterocycles. The van der Waals surface area contributed by atoms with Crippen molar-refractivity contribution in [2.45, 2.75) is 32.7 Å². The first-order valence-electron chi connectivity index (χ1n) is 11.6. The number of carbonyl (C=O) groups is 2. The standard InChI is InChI=1S/C28H31N3O3/c1-20-9-12-24(17-21(20)2)26-19-31(29-27(32)18-23-7-5-4-6-8-23)28(33)30(26)16-15-22-10-13-25(34-3)14-11-22/h4-14,17,26H,15-16,18-19H2,1-3H3,(H,29,32). The van der Waals surface area contributed by atoms with Gasteiger partial charge in [-0.2, -0.15) is 0 Å². The summed E-state index contributed by atoms with van der Waals surface area (Å²) >= 11 is 0. The third-order valence-electron chi connectivity index (χ3n) is 6.39. The molecule has 0 radical (unpaired) electrons. The van der Waals surface area contributed by atoms with Gasteiger partial charge in [-0.05, 0) is 60.2 Å². The van der Waals surface area contributed by atoms with Crippen LogP contribution in [0.3, 0.4) is 0 Å². The average Bonchev–Trinajstić information content (AvgIpc) is 3.15. The summed E-state index contributed by atoms with van der Waals surface area (Å²) in [6.07, 6.45) is 0.938. The van der Waals surface area contributed by atoms with Gasteiger partial charge in [-0.15, -0.1) is 0 Å². The third kappa shape index (κ3) is 5.39. The van der Waals surface area contributed by atoms with Gasteiger partial charge in [-0.1, -0.05) is 60.7 Å². The normalized spacial score (nSPS) is 15.5. The topological polar surface area (TPSA) is 61.9 Å². The van der Waals surface area contributed by atoms with Crippen molar-refractivity contribution in [3.63, 3.8) is 0 Å². The first-order chi connectivity index (χ1) is 16.4. The van der Waals surface area contributed by atoms with Gasteiger partial charge in [0.1, 0.15) is 5.75 Å². The highest BCUT2D eigenvalue weighted by Crippen LogP contribution is 2.30. The summed E-state index contributed by atoms with van der Waals surface area (Å²) < 4.78 is 5.24. The zero-order valence-corrected chi connectivity index (χ0v) is 20.0. The fraction of sp³-hybridized carbons (Fsp3) is 0.286. The summed E-state index contributed by atoms with van der Waals surface area (Å²) in [5.41, 5.74) is 8.34. The van der Waals surface area contributed by atoms with Crippen molar-refractivity contribution in [2.24, 2.45) is 0 Å². The quantitative estimate of drug-likeness (QED) is 0.537. The minimum absolute atomic E-state index is 0.137. The van der Waals surface area contributed by atoms with Gasteiger partial charge in [0.2, 0.25) is 5.91 Å². The third-order valence-corrected chi connectivity index (χ3v) is 6.39. The lowest BCUT2D eigenvalue weighted by Gasteiger charge is -2.24. The number of nitrogens with zero attached hydrogens (tertiary/aromatic N) is 2. The van der Waals surface area contributed by atoms with Crippen molar-refractivity contribution in [3.05, 3.63) is 101 Å². The fourth-order valence-corrected chi connectivity index (χ4v) is 4.25. The minimum atomic E-state index is -0.199. The van der Waals surface area contributed by atoms with Crippen LogP contribution in [0, 0.1) is 13.8 Å². The first-order valence-corrected chi connectivity index (χ1v) is 11.6. The highest BCUT2D eigenvalue weighted by atomic mass is 16.5. The molecule has 1 aliphatic rings. The second-order valence-electron chi connectivity index (χ2n) is 8.74. The van der Waals surface area contributed by atoms with E-state index in [-0.39, 0.29) is 24.4 Å². The molecule has 0 saturated carbocycles. The molecule has 1 unspecified atom stereocenters. The SMILES string of the molecule is COc1ccc(CCN2C(=O)N(NC(=O)Cc3ccccc3)CC2c2ccc(C)c(C)c2)cc1. The summed E-state index contributed by atoms with van der Waals surface area (Å²) in [6.45, 7) is 5.12. The Bertz CT molecular complexity index is 1150. The van der Waals surface area contributed by atoms with Crippen molar-refractivity contribution >= 4 is 11.9 Å². The van der Waals surface area contributed by atoms with Gasteiger partial charge >= 0.3 is 6.03 Å². The van der Waals surface area contributed by atoms with Crippen molar-refractivity contribution in [1.29, 1.82) is 0 Å². The van der Waals surface area contributed by atoms with E-state index in [9.17, 15) is 9.59 Å². The lowest BCUT2D eigenvalue weighted by Crippen LogP contribution is -2.45. The molecule has 3 aromatic carbocycles. The molecular weight excluding hydrogens is 426 g/mol. The molecule has 0 aromatic heterocycles. The monoisotopic (exact) mass is 457 g/mol. The smallest absolute Gasteiger partial charge is 0.339 e. The Kier molecular flexibility index (Phi) is 7.16. The van der Waals surface area contributed by atoms with Gasteiger partial charge in [0, 0.05) is 6.54 Å². The fourth-order valence-electron chi connectivity index (χ4n) is 4.25. The molecule has 1 atom stereocenters. The Morgan fingerprint density at radius 2 is 1.71 bits per heavy atom. The molecule has 0 spiro atoms. The molecular formula is C28H31N3O3. The molecule has 3 amide bonds. The molecule has 176 valence electrons. The number of rotatable bonds is 8. The van der Waals surface area contributed by atoms with E-state index in [1.165, 1.54) is 16.1 Å². The van der Waals surface area contributed by atoms with Crippen LogP contribution in [0.5, 0.6) is 5.75 Å². The number of carbonyl (C=O) groups excluding carboxylic acids is 2. The van der Waals surface area contributed by atoms with Gasteiger partial charge in [0.25, 0.3) is 0 Å². The average molecular weight is 458 g/mol. The lowest BCUT2D eigenvalue weighted by molar-refractivity contribution is -0.123. The maximum Gasteiger partial charge on any atom is 0.339 e. The summed E-state index contributed by atoms with van der Waals surface area (Å²) in [6, 6.07) is 23.4. The van der Waals surface area contributed by atoms with Gasteiger partial charge in [-0.25, -0.2) is 9.80 Å². The van der Waals surface area contributed by atoms with Crippen LogP contribution in [-0.4, -0.2) is 42.0 Å². The van der Waals surface area contributed by atoms with E-state index in [1.54, 1.807) is 7.11 Å². The molecule has 1 fully saturated rings. The van der Waals surface area contributed by atoms with Crippen molar-refractivity contribution in [3.8, 4) is 5.75 Å². The molecule has 4 rings (SSSR count). The van der Waals surface area contributed by atoms with E-state index in [4.69, 9.17) is 4.74 Å². The largest absolute Gasteiger partial charge is 0.497 e. The molecule has 0 bridgehead atoms. The second-order valence-corrected chi connectivity index (χ2v) is 8.74. The number of amides is 3. The summed E-state index contributed by atoms with van der Waals surface area (Å²) in [5, 5.41) is 1.46. The van der Waals surface area contributed by atoms with E-state index in [1.807, 2.05) is 59.5 Å². The predicted molar refractivity (Wildman–Crippen MR) is 132 cm³/mol. The zero-order valence-electron chi connectivity index (χ0n) is 20.0. The zero-order chi connectivity index (χ0) is 24.1. The number of aryl methyl sites for hydroxylation is 2. The molecule has 1 aliphatic heterocycles. The highest BCUT2D eigenvalue weighted by Gasteiger charge is 2.38. The van der Waals surface area contributed by atoms with Crippen molar-refractivity contribution < 1.29 is 14.3 Å². The van der Waals surface area contributed by atoms with Crippen LogP contribution in [0.25, 0.3) is 0 Å². The van der Waals surface area contributed by atoms with Gasteiger partial charge in [0.15, 0.2) is 0 Å². The number of ether oxygens (including phenoxy) is 1. The van der Waals surface area contributed by atoms with Crippen molar-refractivity contribution in [2.75, 3.05) is 20.2 Å². The first kappa shape index (κ1) is 23.4. The number of hydrogen-bond acceptors (Lipinski definition) is 3. The Morgan fingerprint density at radius 1 is 0.971 bits per heavy atom. The van der Waals surface area contributed by atoms with Crippen molar-refractivity contribution in [1.82, 2.24) is 15.3 Å². The Balaban J connectivity index is 1.50. The van der Waals surface area contributed by atoms with E-state index in [0.29, 0.717) is 19.5 Å². The minimum Gasteiger partial charge on any atom is -0.497 e. The second kappa shape index (κ2) is 10.4. The molecule has 1 saturated heterocycles. The molecule has 6 nitrogen and oxygen atoms in total. The van der Waals surface area contributed by atoms with Crippen LogP contribution in [0.1, 0.15) is 33.9 Å². The van der Waals surface area contributed by atoms with E-state index in [2.05, 4.69) is 37.5 Å². The van der Waals surface area contributed by atoms with Gasteiger partial charge in [-0.3, -0.25) is 10.2 Å². The maximum absolute atomic E-state index is 13.4. The summed E-state index contributed by atoms with van der Waals surface area (Å²) in [4.78, 5) is 27.9. The van der Waals surface area contributed by atoms with Crippen LogP contribution < -0.4 is 10.2 Å². The van der Waals surface area contributed by atoms with E-state index >= 15 is 0 Å². The van der Waals surface area contributed by atoms with Gasteiger partial charge in [0.05, 0.1) is 26.1 Å². The summed E-state index contributed by atoms with van der Waals surface area (Å²) in [7, 11) is 1.65. The highest BCUT2D eigenvalue weighted by molar-refractivity contribution is 5.84. The molecule has 6 heteroatoms. The Labute approximate surface area is 201 Å². The molecule has 0 aliphatic carbocycles. The Morgan fingerprint density at radius 3 is 2.38 bits per heavy atom. The number of methoxy groups -OCH3 is 1. The number of nitrogens with one attached hydrogen (secondary N) is 1. The Hall–Kier alpha value is -3.80.